The number of aromatic nitrogens is 1. The van der Waals surface area contributed by atoms with E-state index in [1.54, 1.807) is 20.0 Å². The Morgan fingerprint density at radius 3 is 2.32 bits per heavy atom. The van der Waals surface area contributed by atoms with Gasteiger partial charge in [-0.25, -0.2) is 4.98 Å². The number of rotatable bonds is 5. The second-order valence-corrected chi connectivity index (χ2v) is 12.5. The molecule has 8 heteroatoms. The number of nitrogens with zero attached hydrogens (tertiary/aromatic N) is 1. The van der Waals surface area contributed by atoms with E-state index in [0.717, 1.165) is 17.5 Å². The fourth-order valence-corrected chi connectivity index (χ4v) is 3.72. The molecular formula is C14H22F3NO2SSi. The lowest BCUT2D eigenvalue weighted by Gasteiger charge is -2.39. The molecular weight excluding hydrogens is 331 g/mol. The number of alkyl halides is 3. The smallest absolute Gasteiger partial charge is 0.401 e. The van der Waals surface area contributed by atoms with Gasteiger partial charge in [-0.1, -0.05) is 27.7 Å². The van der Waals surface area contributed by atoms with Crippen molar-refractivity contribution in [3.8, 4) is 0 Å². The predicted molar refractivity (Wildman–Crippen MR) is 83.8 cm³/mol. The number of halogens is 3. The van der Waals surface area contributed by atoms with Crippen LogP contribution in [-0.4, -0.2) is 25.3 Å². The highest BCUT2D eigenvalue weighted by Gasteiger charge is 2.49. The van der Waals surface area contributed by atoms with Gasteiger partial charge in [-0.05, 0) is 18.1 Å². The average molecular weight is 353 g/mol. The molecule has 0 aliphatic carbocycles. The fourth-order valence-electron chi connectivity index (χ4n) is 1.45. The summed E-state index contributed by atoms with van der Waals surface area (Å²) in [5, 5.41) is -0.242. The summed E-state index contributed by atoms with van der Waals surface area (Å²) < 4.78 is 45.8. The Balaban J connectivity index is 3.16. The Labute approximate surface area is 134 Å². The van der Waals surface area contributed by atoms with Crippen LogP contribution in [0.25, 0.3) is 0 Å². The van der Waals surface area contributed by atoms with Crippen LogP contribution in [0.15, 0.2) is 6.20 Å². The fraction of sp³-hybridized carbons (Fsp3) is 0.714. The zero-order valence-corrected chi connectivity index (χ0v) is 15.5. The maximum absolute atomic E-state index is 13.4. The molecule has 1 unspecified atom stereocenters. The number of hydrogen-bond donors (Lipinski definition) is 0. The summed E-state index contributed by atoms with van der Waals surface area (Å²) in [5.74, 6) is -0.260. The van der Waals surface area contributed by atoms with Gasteiger partial charge in [0.1, 0.15) is 0 Å². The second-order valence-electron chi connectivity index (χ2n) is 6.64. The lowest BCUT2D eigenvalue weighted by atomic mass is 10.2. The van der Waals surface area contributed by atoms with Crippen molar-refractivity contribution in [2.24, 2.45) is 0 Å². The predicted octanol–water partition coefficient (Wildman–Crippen LogP) is 5.36. The topological polar surface area (TPSA) is 39.2 Å². The van der Waals surface area contributed by atoms with Crippen LogP contribution in [0.2, 0.25) is 18.1 Å². The molecule has 1 aromatic heterocycles. The quantitative estimate of drug-likeness (QED) is 0.528. The molecule has 1 atom stereocenters. The van der Waals surface area contributed by atoms with E-state index in [1.165, 1.54) is 0 Å². The largest absolute Gasteiger partial charge is 0.418 e. The molecule has 0 aliphatic rings. The minimum Gasteiger partial charge on any atom is -0.401 e. The number of ketones is 1. The van der Waals surface area contributed by atoms with Crippen molar-refractivity contribution in [3.05, 3.63) is 16.1 Å². The number of carbonyl (C=O) groups is 1. The molecule has 0 N–H and O–H groups in total. The summed E-state index contributed by atoms with van der Waals surface area (Å²) >= 11 is 0.768. The third kappa shape index (κ3) is 4.39. The summed E-state index contributed by atoms with van der Waals surface area (Å²) in [6.07, 6.45) is -5.23. The van der Waals surface area contributed by atoms with E-state index in [2.05, 4.69) is 4.98 Å². The Bertz CT molecular complexity index is 535. The van der Waals surface area contributed by atoms with Gasteiger partial charge in [-0.3, -0.25) is 4.79 Å². The van der Waals surface area contributed by atoms with Crippen LogP contribution in [0.1, 0.15) is 54.9 Å². The van der Waals surface area contributed by atoms with Gasteiger partial charge < -0.3 is 4.43 Å². The minimum atomic E-state index is -4.53. The molecule has 1 rings (SSSR count). The van der Waals surface area contributed by atoms with Crippen LogP contribution in [-0.2, 0) is 4.43 Å². The molecule has 1 aromatic rings. The molecule has 0 aromatic carbocycles. The third-order valence-electron chi connectivity index (χ3n) is 3.86. The molecule has 0 bridgehead atoms. The standard InChI is InChI=1S/C14H22F3NO2SSi/c1-7-9(19)12-18-8-10(21-12)11(14(15,16)17)20-22(5,6)13(2,3)4/h8,11H,7H2,1-6H3. The Hall–Kier alpha value is -0.733. The van der Waals surface area contributed by atoms with Crippen LogP contribution < -0.4 is 0 Å². The SMILES string of the molecule is CCC(=O)c1ncc(C(O[Si](C)(C)C(C)(C)C)C(F)(F)F)s1. The Kier molecular flexibility index (Phi) is 5.62. The third-order valence-corrected chi connectivity index (χ3v) is 9.38. The van der Waals surface area contributed by atoms with Gasteiger partial charge in [-0.2, -0.15) is 13.2 Å². The van der Waals surface area contributed by atoms with Gasteiger partial charge in [0.15, 0.2) is 25.2 Å². The van der Waals surface area contributed by atoms with Gasteiger partial charge in [0, 0.05) is 12.6 Å². The zero-order chi connectivity index (χ0) is 17.3. The molecule has 126 valence electrons. The zero-order valence-electron chi connectivity index (χ0n) is 13.7. The molecule has 0 saturated carbocycles. The normalized spacial score (nSPS) is 15.0. The lowest BCUT2D eigenvalue weighted by molar-refractivity contribution is -0.200. The molecule has 0 spiro atoms. The molecule has 0 fully saturated rings. The number of Topliss-reactive ketones (excluding diaryl/α,β-unsaturated/α-hetero) is 1. The van der Waals surface area contributed by atoms with E-state index in [-0.39, 0.29) is 27.1 Å². The maximum atomic E-state index is 13.4. The van der Waals surface area contributed by atoms with Crippen molar-refractivity contribution in [3.63, 3.8) is 0 Å². The van der Waals surface area contributed by atoms with E-state index < -0.39 is 20.6 Å². The van der Waals surface area contributed by atoms with Crippen LogP contribution in [0.4, 0.5) is 13.2 Å². The molecule has 22 heavy (non-hydrogen) atoms. The molecule has 0 saturated heterocycles. The summed E-state index contributed by atoms with van der Waals surface area (Å²) in [6.45, 7) is 10.8. The molecule has 0 radical (unpaired) electrons. The van der Waals surface area contributed by atoms with Crippen LogP contribution >= 0.6 is 11.3 Å². The van der Waals surface area contributed by atoms with Gasteiger partial charge in [0.25, 0.3) is 0 Å². The number of thiazole rings is 1. The van der Waals surface area contributed by atoms with Crippen molar-refractivity contribution in [2.75, 3.05) is 0 Å². The van der Waals surface area contributed by atoms with E-state index in [0.29, 0.717) is 0 Å². The maximum Gasteiger partial charge on any atom is 0.418 e. The molecule has 0 amide bonds. The second kappa shape index (κ2) is 6.41. The van der Waals surface area contributed by atoms with Crippen LogP contribution in [0, 0.1) is 0 Å². The first-order chi connectivity index (χ1) is 9.79. The van der Waals surface area contributed by atoms with Crippen molar-refractivity contribution in [1.29, 1.82) is 0 Å². The van der Waals surface area contributed by atoms with Crippen molar-refractivity contribution >= 4 is 25.4 Å². The minimum absolute atomic E-state index is 0.0610. The Morgan fingerprint density at radius 1 is 1.36 bits per heavy atom. The van der Waals surface area contributed by atoms with Crippen molar-refractivity contribution in [1.82, 2.24) is 4.98 Å². The van der Waals surface area contributed by atoms with E-state index >= 15 is 0 Å². The van der Waals surface area contributed by atoms with Gasteiger partial charge in [0.2, 0.25) is 0 Å². The summed E-state index contributed by atoms with van der Waals surface area (Å²) in [7, 11) is -2.61. The van der Waals surface area contributed by atoms with Crippen molar-refractivity contribution in [2.45, 2.75) is 64.5 Å². The summed E-state index contributed by atoms with van der Waals surface area (Å²) in [4.78, 5) is 15.3. The number of hydrogen-bond acceptors (Lipinski definition) is 4. The molecule has 1 heterocycles. The van der Waals surface area contributed by atoms with E-state index in [1.807, 2.05) is 20.8 Å². The van der Waals surface area contributed by atoms with Gasteiger partial charge in [-0.15, -0.1) is 11.3 Å². The first-order valence-electron chi connectivity index (χ1n) is 7.03. The first kappa shape index (κ1) is 19.3. The van der Waals surface area contributed by atoms with Gasteiger partial charge >= 0.3 is 6.18 Å². The highest BCUT2D eigenvalue weighted by Crippen LogP contribution is 2.45. The summed E-state index contributed by atoms with van der Waals surface area (Å²) in [5.41, 5.74) is 0. The lowest BCUT2D eigenvalue weighted by Crippen LogP contribution is -2.44. The van der Waals surface area contributed by atoms with E-state index in [9.17, 15) is 18.0 Å². The van der Waals surface area contributed by atoms with Crippen LogP contribution in [0.5, 0.6) is 0 Å². The Morgan fingerprint density at radius 2 is 1.91 bits per heavy atom. The van der Waals surface area contributed by atoms with Gasteiger partial charge in [0.05, 0.1) is 4.88 Å². The summed E-state index contributed by atoms with van der Waals surface area (Å²) in [6, 6.07) is 0. The van der Waals surface area contributed by atoms with Crippen LogP contribution in [0.3, 0.4) is 0 Å². The monoisotopic (exact) mass is 353 g/mol. The number of carbonyl (C=O) groups excluding carboxylic acids is 1. The highest BCUT2D eigenvalue weighted by molar-refractivity contribution is 7.13. The molecule has 3 nitrogen and oxygen atoms in total. The van der Waals surface area contributed by atoms with Crippen molar-refractivity contribution < 1.29 is 22.4 Å². The van der Waals surface area contributed by atoms with E-state index in [4.69, 9.17) is 4.43 Å². The first-order valence-corrected chi connectivity index (χ1v) is 10.8. The molecule has 0 aliphatic heterocycles. The average Bonchev–Trinajstić information content (AvgIpc) is 2.81. The highest BCUT2D eigenvalue weighted by atomic mass is 32.1.